The molecule has 1 fully saturated rings. The van der Waals surface area contributed by atoms with Crippen LogP contribution in [0, 0.1) is 23.3 Å². The highest BCUT2D eigenvalue weighted by atomic mass is 19.2. The van der Waals surface area contributed by atoms with E-state index in [2.05, 4.69) is 0 Å². The molecule has 1 N–H and O–H groups in total. The van der Waals surface area contributed by atoms with Gasteiger partial charge in [-0.1, -0.05) is 12.1 Å². The van der Waals surface area contributed by atoms with Gasteiger partial charge in [-0.05, 0) is 35.4 Å². The lowest BCUT2D eigenvalue weighted by molar-refractivity contribution is -0.140. The van der Waals surface area contributed by atoms with E-state index in [4.69, 9.17) is 0 Å². The van der Waals surface area contributed by atoms with Crippen LogP contribution in [0.1, 0.15) is 29.9 Å². The predicted octanol–water partition coefficient (Wildman–Crippen LogP) is 3.94. The van der Waals surface area contributed by atoms with Crippen molar-refractivity contribution in [1.29, 1.82) is 0 Å². The molecule has 31 heavy (non-hydrogen) atoms. The summed E-state index contributed by atoms with van der Waals surface area (Å²) >= 11 is 0. The van der Waals surface area contributed by atoms with E-state index in [9.17, 15) is 41.0 Å². The van der Waals surface area contributed by atoms with Gasteiger partial charge in [0.15, 0.2) is 23.3 Å². The average molecular weight is 446 g/mol. The third-order valence-corrected chi connectivity index (χ3v) is 4.81. The molecule has 1 aliphatic rings. The van der Waals surface area contributed by atoms with Crippen LogP contribution in [0.4, 0.5) is 31.1 Å². The normalized spacial score (nSPS) is 19.0. The minimum absolute atomic E-state index is 0.312. The maximum atomic E-state index is 14.6. The highest BCUT2D eigenvalue weighted by Crippen LogP contribution is 2.27. The lowest BCUT2D eigenvalue weighted by atomic mass is 10.1. The third kappa shape index (κ3) is 4.82. The van der Waals surface area contributed by atoms with Gasteiger partial charge in [0.1, 0.15) is 18.6 Å². The molecule has 1 saturated heterocycles. The summed E-state index contributed by atoms with van der Waals surface area (Å²) in [6.45, 7) is -1.70. The first-order valence-corrected chi connectivity index (χ1v) is 9.05. The van der Waals surface area contributed by atoms with Crippen molar-refractivity contribution < 1.29 is 41.0 Å². The predicted molar refractivity (Wildman–Crippen MR) is 94.9 cm³/mol. The van der Waals surface area contributed by atoms with E-state index in [0.29, 0.717) is 34.1 Å². The van der Waals surface area contributed by atoms with Crippen molar-refractivity contribution in [2.75, 3.05) is 13.1 Å². The van der Waals surface area contributed by atoms with Gasteiger partial charge in [-0.25, -0.2) is 31.1 Å². The van der Waals surface area contributed by atoms with Gasteiger partial charge < -0.3 is 5.11 Å². The zero-order valence-corrected chi connectivity index (χ0v) is 15.7. The van der Waals surface area contributed by atoms with Crippen LogP contribution < -0.4 is 0 Å². The fraction of sp³-hybridized carbons (Fsp3) is 0.300. The zero-order chi connectivity index (χ0) is 22.9. The number of benzene rings is 2. The first kappa shape index (κ1) is 22.6. The van der Waals surface area contributed by atoms with Gasteiger partial charge in [-0.3, -0.25) is 14.6 Å². The van der Waals surface area contributed by atoms with Crippen LogP contribution in [0.5, 0.6) is 0 Å². The minimum Gasteiger partial charge on any atom is -0.373 e. The Morgan fingerprint density at radius 3 is 1.81 bits per heavy atom. The van der Waals surface area contributed by atoms with E-state index in [1.807, 2.05) is 0 Å². The first-order chi connectivity index (χ1) is 14.6. The lowest BCUT2D eigenvalue weighted by Crippen LogP contribution is -2.58. The number of halogens is 6. The number of nitrogens with zero attached hydrogens (tertiary/aromatic N) is 2. The summed E-state index contributed by atoms with van der Waals surface area (Å²) in [7, 11) is 0. The lowest BCUT2D eigenvalue weighted by Gasteiger charge is -2.38. The number of alkyl halides is 2. The topological polar surface area (TPSA) is 60.9 Å². The number of urea groups is 1. The van der Waals surface area contributed by atoms with Gasteiger partial charge in [0.25, 0.3) is 0 Å². The molecule has 166 valence electrons. The summed E-state index contributed by atoms with van der Waals surface area (Å²) < 4.78 is 81.8. The third-order valence-electron chi connectivity index (χ3n) is 4.81. The van der Waals surface area contributed by atoms with Gasteiger partial charge in [0.2, 0.25) is 5.91 Å². The number of hydrogen-bond acceptors (Lipinski definition) is 3. The number of aliphatic hydroxyl groups is 1. The molecule has 0 aliphatic carbocycles. The Morgan fingerprint density at radius 2 is 1.32 bits per heavy atom. The van der Waals surface area contributed by atoms with E-state index in [-0.39, 0.29) is 11.1 Å². The van der Waals surface area contributed by atoms with Crippen molar-refractivity contribution in [3.05, 3.63) is 70.8 Å². The number of imide groups is 1. The smallest absolute Gasteiger partial charge is 0.328 e. The van der Waals surface area contributed by atoms with Crippen LogP contribution in [0.3, 0.4) is 0 Å². The van der Waals surface area contributed by atoms with Crippen LogP contribution >= 0.6 is 0 Å². The summed E-state index contributed by atoms with van der Waals surface area (Å²) in [5.74, 6) is -5.99. The molecule has 0 radical (unpaired) electrons. The minimum atomic E-state index is -2.08. The molecule has 0 bridgehead atoms. The Balaban J connectivity index is 1.75. The highest BCUT2D eigenvalue weighted by Gasteiger charge is 2.40. The number of carbonyl (C=O) groups excluding carboxylic acids is 2. The fourth-order valence-corrected chi connectivity index (χ4v) is 3.10. The van der Waals surface area contributed by atoms with E-state index in [1.54, 1.807) is 0 Å². The van der Waals surface area contributed by atoms with E-state index < -0.39 is 73.3 Å². The van der Waals surface area contributed by atoms with Crippen LogP contribution in [-0.2, 0) is 4.79 Å². The van der Waals surface area contributed by atoms with E-state index >= 15 is 0 Å². The molecule has 2 aromatic rings. The summed E-state index contributed by atoms with van der Waals surface area (Å²) in [6, 6.07) is 3.21. The maximum absolute atomic E-state index is 14.6. The number of aliphatic hydroxyl groups excluding tert-OH is 1. The maximum Gasteiger partial charge on any atom is 0.328 e. The molecule has 2 aromatic carbocycles. The van der Waals surface area contributed by atoms with Crippen molar-refractivity contribution in [1.82, 2.24) is 9.80 Å². The summed E-state index contributed by atoms with van der Waals surface area (Å²) in [5, 5.41) is 10.0. The van der Waals surface area contributed by atoms with Crippen molar-refractivity contribution in [2.45, 2.75) is 25.0 Å². The Bertz CT molecular complexity index is 1000. The molecule has 0 aromatic heterocycles. The second-order valence-corrected chi connectivity index (χ2v) is 6.91. The van der Waals surface area contributed by atoms with Crippen molar-refractivity contribution in [3.8, 4) is 0 Å². The second kappa shape index (κ2) is 8.96. The molecular formula is C20H16F6N2O3. The molecule has 3 amide bonds. The van der Waals surface area contributed by atoms with Crippen LogP contribution in [0.25, 0.3) is 0 Å². The fourth-order valence-electron chi connectivity index (χ4n) is 3.10. The van der Waals surface area contributed by atoms with Gasteiger partial charge in [0, 0.05) is 0 Å². The molecular weight excluding hydrogens is 430 g/mol. The molecule has 0 spiro atoms. The van der Waals surface area contributed by atoms with E-state index in [0.717, 1.165) is 12.1 Å². The average Bonchev–Trinajstić information content (AvgIpc) is 2.72. The number of rotatable bonds is 6. The molecule has 1 heterocycles. The highest BCUT2D eigenvalue weighted by molar-refractivity contribution is 5.97. The molecule has 1 aliphatic heterocycles. The molecule has 0 saturated carbocycles. The molecule has 5 nitrogen and oxygen atoms in total. The van der Waals surface area contributed by atoms with Crippen molar-refractivity contribution >= 4 is 11.9 Å². The quantitative estimate of drug-likeness (QED) is 0.684. The summed E-state index contributed by atoms with van der Waals surface area (Å²) in [6.07, 6.45) is -6.51. The van der Waals surface area contributed by atoms with Crippen molar-refractivity contribution in [3.63, 3.8) is 0 Å². The SMILES string of the molecule is O=C1CC(O)N(C[C@@H](F)c2ccc(F)c(F)c2)C(=O)N1C[C@@H](F)c1ccc(F)c(F)c1. The molecule has 1 unspecified atom stereocenters. The van der Waals surface area contributed by atoms with Gasteiger partial charge in [0.05, 0.1) is 19.5 Å². The number of carbonyl (C=O) groups is 2. The van der Waals surface area contributed by atoms with Gasteiger partial charge in [-0.2, -0.15) is 0 Å². The van der Waals surface area contributed by atoms with Crippen LogP contribution in [0.15, 0.2) is 36.4 Å². The molecule has 11 heteroatoms. The van der Waals surface area contributed by atoms with Crippen LogP contribution in [-0.4, -0.2) is 46.2 Å². The Hall–Kier alpha value is -3.08. The second-order valence-electron chi connectivity index (χ2n) is 6.91. The van der Waals surface area contributed by atoms with E-state index in [1.165, 1.54) is 0 Å². The van der Waals surface area contributed by atoms with Gasteiger partial charge in [-0.15, -0.1) is 0 Å². The van der Waals surface area contributed by atoms with Gasteiger partial charge >= 0.3 is 6.03 Å². The Morgan fingerprint density at radius 1 is 0.839 bits per heavy atom. The Labute approximate surface area is 172 Å². The number of hydrogen-bond donors (Lipinski definition) is 1. The summed E-state index contributed by atoms with van der Waals surface area (Å²) in [4.78, 5) is 25.7. The Kier molecular flexibility index (Phi) is 6.54. The largest absolute Gasteiger partial charge is 0.373 e. The standard InChI is InChI=1S/C20H16F6N2O3/c21-12-3-1-10(5-14(12)23)16(25)8-27-18(29)7-19(30)28(20(27)31)9-17(26)11-2-4-13(22)15(24)6-11/h1-6,16-18,29H,7-9H2/t16-,17-,18?/m1/s1. The first-order valence-electron chi connectivity index (χ1n) is 9.05. The summed E-state index contributed by atoms with van der Waals surface area (Å²) in [5.41, 5.74) is -0.644. The van der Waals surface area contributed by atoms with Crippen molar-refractivity contribution in [2.24, 2.45) is 0 Å². The van der Waals surface area contributed by atoms with Crippen LogP contribution in [0.2, 0.25) is 0 Å². The molecule has 3 atom stereocenters. The number of amides is 3. The monoisotopic (exact) mass is 446 g/mol. The molecule has 3 rings (SSSR count). The zero-order valence-electron chi connectivity index (χ0n) is 15.7.